The Kier molecular flexibility index (Phi) is 3.69. The van der Waals surface area contributed by atoms with E-state index >= 15 is 0 Å². The number of rotatable bonds is 4. The molecule has 0 aromatic rings. The van der Waals surface area contributed by atoms with Crippen molar-refractivity contribution in [2.45, 2.75) is 25.9 Å². The van der Waals surface area contributed by atoms with Crippen LogP contribution < -0.4 is 5.32 Å². The van der Waals surface area contributed by atoms with Gasteiger partial charge in [0.2, 0.25) is 0 Å². The zero-order chi connectivity index (χ0) is 9.84. The van der Waals surface area contributed by atoms with Crippen LogP contribution >= 0.6 is 0 Å². The van der Waals surface area contributed by atoms with Gasteiger partial charge in [0.1, 0.15) is 6.04 Å². The first-order valence-electron chi connectivity index (χ1n) is 4.56. The van der Waals surface area contributed by atoms with Crippen LogP contribution in [0.1, 0.15) is 13.8 Å². The SMILES string of the molecule is COC(=O)C(NC(C)C)C1COC1. The van der Waals surface area contributed by atoms with Gasteiger partial charge < -0.3 is 14.8 Å². The van der Waals surface area contributed by atoms with Crippen molar-refractivity contribution in [1.29, 1.82) is 0 Å². The smallest absolute Gasteiger partial charge is 0.323 e. The number of nitrogens with one attached hydrogen (secondary N) is 1. The fraction of sp³-hybridized carbons (Fsp3) is 0.889. The molecule has 1 saturated heterocycles. The minimum absolute atomic E-state index is 0.193. The van der Waals surface area contributed by atoms with Gasteiger partial charge in [-0.05, 0) is 0 Å². The molecule has 1 aliphatic heterocycles. The summed E-state index contributed by atoms with van der Waals surface area (Å²) in [6, 6.07) is 0.0726. The minimum atomic E-state index is -0.209. The standard InChI is InChI=1S/C9H17NO3/c1-6(2)10-8(9(11)12-3)7-4-13-5-7/h6-8,10H,4-5H2,1-3H3. The molecule has 4 nitrogen and oxygen atoms in total. The fourth-order valence-corrected chi connectivity index (χ4v) is 1.33. The quantitative estimate of drug-likeness (QED) is 0.637. The van der Waals surface area contributed by atoms with Crippen LogP contribution in [-0.2, 0) is 14.3 Å². The largest absolute Gasteiger partial charge is 0.468 e. The Bertz CT molecular complexity index is 178. The Hall–Kier alpha value is -0.610. The van der Waals surface area contributed by atoms with E-state index in [0.717, 1.165) is 0 Å². The average Bonchev–Trinajstić information content (AvgIpc) is 1.98. The van der Waals surface area contributed by atoms with Crippen LogP contribution in [-0.4, -0.2) is 38.4 Å². The summed E-state index contributed by atoms with van der Waals surface area (Å²) in [5.74, 6) is 0.0804. The van der Waals surface area contributed by atoms with Gasteiger partial charge in [0.05, 0.1) is 20.3 Å². The molecule has 1 heterocycles. The highest BCUT2D eigenvalue weighted by molar-refractivity contribution is 5.76. The third-order valence-corrected chi connectivity index (χ3v) is 2.10. The second kappa shape index (κ2) is 4.58. The molecule has 0 bridgehead atoms. The van der Waals surface area contributed by atoms with Crippen LogP contribution in [0.4, 0.5) is 0 Å². The number of esters is 1. The number of hydrogen-bond acceptors (Lipinski definition) is 4. The van der Waals surface area contributed by atoms with Crippen LogP contribution in [0, 0.1) is 5.92 Å². The molecule has 0 radical (unpaired) electrons. The van der Waals surface area contributed by atoms with Gasteiger partial charge in [-0.3, -0.25) is 4.79 Å². The summed E-state index contributed by atoms with van der Waals surface area (Å²) in [5.41, 5.74) is 0. The minimum Gasteiger partial charge on any atom is -0.468 e. The summed E-state index contributed by atoms with van der Waals surface area (Å²) in [7, 11) is 1.41. The average molecular weight is 187 g/mol. The molecule has 0 aromatic heterocycles. The van der Waals surface area contributed by atoms with E-state index in [-0.39, 0.29) is 24.0 Å². The third kappa shape index (κ3) is 2.67. The number of carbonyl (C=O) groups is 1. The number of methoxy groups -OCH3 is 1. The van der Waals surface area contributed by atoms with E-state index in [2.05, 4.69) is 5.32 Å². The molecule has 0 saturated carbocycles. The highest BCUT2D eigenvalue weighted by Gasteiger charge is 2.34. The van der Waals surface area contributed by atoms with Crippen molar-refractivity contribution in [2.24, 2.45) is 5.92 Å². The Balaban J connectivity index is 2.47. The molecule has 0 aromatic carbocycles. The Morgan fingerprint density at radius 3 is 2.46 bits per heavy atom. The Morgan fingerprint density at radius 1 is 1.54 bits per heavy atom. The second-order valence-corrected chi connectivity index (χ2v) is 3.62. The normalized spacial score (nSPS) is 19.7. The first kappa shape index (κ1) is 10.5. The summed E-state index contributed by atoms with van der Waals surface area (Å²) >= 11 is 0. The third-order valence-electron chi connectivity index (χ3n) is 2.10. The predicted octanol–water partition coefficient (Wildman–Crippen LogP) is 0.172. The summed E-state index contributed by atoms with van der Waals surface area (Å²) in [5, 5.41) is 3.18. The van der Waals surface area contributed by atoms with Crippen molar-refractivity contribution in [3.63, 3.8) is 0 Å². The Morgan fingerprint density at radius 2 is 2.15 bits per heavy atom. The van der Waals surface area contributed by atoms with Crippen molar-refractivity contribution in [2.75, 3.05) is 20.3 Å². The van der Waals surface area contributed by atoms with Gasteiger partial charge in [-0.2, -0.15) is 0 Å². The summed E-state index contributed by atoms with van der Waals surface area (Å²) in [4.78, 5) is 11.3. The van der Waals surface area contributed by atoms with Crippen molar-refractivity contribution < 1.29 is 14.3 Å². The number of hydrogen-bond donors (Lipinski definition) is 1. The molecular weight excluding hydrogens is 170 g/mol. The van der Waals surface area contributed by atoms with Gasteiger partial charge in [0.25, 0.3) is 0 Å². The van der Waals surface area contributed by atoms with E-state index in [1.165, 1.54) is 7.11 Å². The molecule has 1 fully saturated rings. The molecule has 0 aliphatic carbocycles. The van der Waals surface area contributed by atoms with Gasteiger partial charge in [0.15, 0.2) is 0 Å². The molecular formula is C9H17NO3. The van der Waals surface area contributed by atoms with Crippen LogP contribution in [0.25, 0.3) is 0 Å². The van der Waals surface area contributed by atoms with Crippen LogP contribution in [0.2, 0.25) is 0 Å². The van der Waals surface area contributed by atoms with E-state index in [1.807, 2.05) is 13.8 Å². The van der Waals surface area contributed by atoms with Crippen molar-refractivity contribution >= 4 is 5.97 Å². The number of carbonyl (C=O) groups excluding carboxylic acids is 1. The van der Waals surface area contributed by atoms with E-state index in [9.17, 15) is 4.79 Å². The van der Waals surface area contributed by atoms with E-state index in [0.29, 0.717) is 13.2 Å². The Labute approximate surface area is 78.6 Å². The van der Waals surface area contributed by atoms with Gasteiger partial charge in [-0.25, -0.2) is 0 Å². The molecule has 1 unspecified atom stereocenters. The lowest BCUT2D eigenvalue weighted by Gasteiger charge is -2.33. The van der Waals surface area contributed by atoms with Gasteiger partial charge in [0, 0.05) is 12.0 Å². The van der Waals surface area contributed by atoms with Crippen molar-refractivity contribution in [3.05, 3.63) is 0 Å². The molecule has 0 spiro atoms. The first-order valence-corrected chi connectivity index (χ1v) is 4.56. The van der Waals surface area contributed by atoms with Crippen LogP contribution in [0.15, 0.2) is 0 Å². The topological polar surface area (TPSA) is 47.6 Å². The predicted molar refractivity (Wildman–Crippen MR) is 48.4 cm³/mol. The molecule has 4 heteroatoms. The zero-order valence-corrected chi connectivity index (χ0v) is 8.37. The van der Waals surface area contributed by atoms with Crippen LogP contribution in [0.3, 0.4) is 0 Å². The number of ether oxygens (including phenoxy) is 2. The zero-order valence-electron chi connectivity index (χ0n) is 8.37. The maximum absolute atomic E-state index is 11.3. The highest BCUT2D eigenvalue weighted by atomic mass is 16.5. The highest BCUT2D eigenvalue weighted by Crippen LogP contribution is 2.16. The summed E-state index contributed by atoms with van der Waals surface area (Å²) in [6.07, 6.45) is 0. The molecule has 1 aliphatic rings. The maximum Gasteiger partial charge on any atom is 0.323 e. The molecule has 1 rings (SSSR count). The molecule has 1 atom stereocenters. The molecule has 1 N–H and O–H groups in total. The lowest BCUT2D eigenvalue weighted by atomic mass is 9.97. The first-order chi connectivity index (χ1) is 6.15. The lowest BCUT2D eigenvalue weighted by Crippen LogP contribution is -2.53. The summed E-state index contributed by atoms with van der Waals surface area (Å²) in [6.45, 7) is 5.32. The lowest BCUT2D eigenvalue weighted by molar-refractivity contribution is -0.151. The van der Waals surface area contributed by atoms with E-state index in [1.54, 1.807) is 0 Å². The van der Waals surface area contributed by atoms with Gasteiger partial charge in [-0.15, -0.1) is 0 Å². The fourth-order valence-electron chi connectivity index (χ4n) is 1.33. The molecule has 0 amide bonds. The monoisotopic (exact) mass is 187 g/mol. The van der Waals surface area contributed by atoms with Gasteiger partial charge in [-0.1, -0.05) is 13.8 Å². The van der Waals surface area contributed by atoms with Crippen LogP contribution in [0.5, 0.6) is 0 Å². The molecule has 13 heavy (non-hydrogen) atoms. The van der Waals surface area contributed by atoms with E-state index < -0.39 is 0 Å². The summed E-state index contributed by atoms with van der Waals surface area (Å²) < 4.78 is 9.76. The second-order valence-electron chi connectivity index (χ2n) is 3.62. The van der Waals surface area contributed by atoms with Crippen molar-refractivity contribution in [1.82, 2.24) is 5.32 Å². The van der Waals surface area contributed by atoms with Gasteiger partial charge >= 0.3 is 5.97 Å². The maximum atomic E-state index is 11.3. The van der Waals surface area contributed by atoms with E-state index in [4.69, 9.17) is 9.47 Å². The van der Waals surface area contributed by atoms with Crippen molar-refractivity contribution in [3.8, 4) is 0 Å². The molecule has 76 valence electrons.